The fourth-order valence-corrected chi connectivity index (χ4v) is 4.09. The SMILES string of the molecule is CSC(=S)SC(C)(C)C(C)C(=O)NCCCCCNC(=O)CN. The van der Waals surface area contributed by atoms with Gasteiger partial charge in [0.25, 0.3) is 0 Å². The van der Waals surface area contributed by atoms with Crippen molar-refractivity contribution < 1.29 is 9.59 Å². The lowest BCUT2D eigenvalue weighted by molar-refractivity contribution is -0.125. The summed E-state index contributed by atoms with van der Waals surface area (Å²) in [6.07, 6.45) is 4.69. The molecule has 0 heterocycles. The van der Waals surface area contributed by atoms with E-state index in [-0.39, 0.29) is 29.0 Å². The summed E-state index contributed by atoms with van der Waals surface area (Å²) in [7, 11) is 0. The average Bonchev–Trinajstić information content (AvgIpc) is 2.51. The van der Waals surface area contributed by atoms with Gasteiger partial charge in [-0.1, -0.05) is 19.1 Å². The summed E-state index contributed by atoms with van der Waals surface area (Å²) in [4.78, 5) is 23.2. The second kappa shape index (κ2) is 12.1. The third kappa shape index (κ3) is 10.2. The molecular weight excluding hydrogens is 350 g/mol. The Kier molecular flexibility index (Phi) is 11.9. The van der Waals surface area contributed by atoms with E-state index in [1.807, 2.05) is 27.0 Å². The van der Waals surface area contributed by atoms with E-state index in [4.69, 9.17) is 18.0 Å². The molecule has 0 saturated heterocycles. The zero-order valence-electron chi connectivity index (χ0n) is 14.4. The molecule has 0 spiro atoms. The third-order valence-corrected chi connectivity index (χ3v) is 6.49. The number of rotatable bonds is 10. The maximum Gasteiger partial charge on any atom is 0.233 e. The second-order valence-corrected chi connectivity index (χ2v) is 9.45. The van der Waals surface area contributed by atoms with Crippen LogP contribution in [0, 0.1) is 5.92 Å². The van der Waals surface area contributed by atoms with Gasteiger partial charge in [0.2, 0.25) is 11.8 Å². The van der Waals surface area contributed by atoms with Crippen LogP contribution in [0.15, 0.2) is 0 Å². The number of carbonyl (C=O) groups is 2. The Bertz CT molecular complexity index is 403. The van der Waals surface area contributed by atoms with Crippen LogP contribution in [0.4, 0.5) is 0 Å². The van der Waals surface area contributed by atoms with E-state index in [9.17, 15) is 9.59 Å². The normalized spacial score (nSPS) is 12.6. The van der Waals surface area contributed by atoms with E-state index >= 15 is 0 Å². The van der Waals surface area contributed by atoms with E-state index in [1.165, 1.54) is 11.8 Å². The molecule has 0 aromatic heterocycles. The molecule has 8 heteroatoms. The fourth-order valence-electron chi connectivity index (χ4n) is 1.75. The van der Waals surface area contributed by atoms with Gasteiger partial charge in [0.05, 0.1) is 6.54 Å². The lowest BCUT2D eigenvalue weighted by Crippen LogP contribution is -2.40. The number of hydrogen-bond donors (Lipinski definition) is 3. The molecule has 134 valence electrons. The molecule has 0 rings (SSSR count). The Morgan fingerprint density at radius 3 is 2.26 bits per heavy atom. The molecule has 1 unspecified atom stereocenters. The number of carbonyl (C=O) groups excluding carboxylic acids is 2. The lowest BCUT2D eigenvalue weighted by Gasteiger charge is -2.30. The van der Waals surface area contributed by atoms with Crippen molar-refractivity contribution in [3.63, 3.8) is 0 Å². The second-order valence-electron chi connectivity index (χ2n) is 5.79. The molecular formula is C15H29N3O2S3. The topological polar surface area (TPSA) is 84.2 Å². The first-order valence-electron chi connectivity index (χ1n) is 7.76. The van der Waals surface area contributed by atoms with Gasteiger partial charge in [-0.3, -0.25) is 9.59 Å². The Labute approximate surface area is 153 Å². The smallest absolute Gasteiger partial charge is 0.233 e. The molecule has 1 atom stereocenters. The van der Waals surface area contributed by atoms with Crippen LogP contribution < -0.4 is 16.4 Å². The highest BCUT2D eigenvalue weighted by Gasteiger charge is 2.32. The van der Waals surface area contributed by atoms with Gasteiger partial charge in [-0.15, -0.1) is 23.5 Å². The van der Waals surface area contributed by atoms with Crippen LogP contribution in [-0.2, 0) is 9.59 Å². The van der Waals surface area contributed by atoms with Gasteiger partial charge in [0.15, 0.2) is 0 Å². The summed E-state index contributed by atoms with van der Waals surface area (Å²) in [6.45, 7) is 7.35. The molecule has 0 aliphatic heterocycles. The molecule has 0 aromatic rings. The van der Waals surface area contributed by atoms with Crippen molar-refractivity contribution in [2.75, 3.05) is 25.9 Å². The maximum atomic E-state index is 12.2. The molecule has 0 aliphatic carbocycles. The molecule has 0 radical (unpaired) electrons. The van der Waals surface area contributed by atoms with Gasteiger partial charge in [-0.2, -0.15) is 0 Å². The van der Waals surface area contributed by atoms with Gasteiger partial charge >= 0.3 is 0 Å². The van der Waals surface area contributed by atoms with Crippen molar-refractivity contribution in [3.05, 3.63) is 0 Å². The molecule has 0 bridgehead atoms. The van der Waals surface area contributed by atoms with Crippen LogP contribution in [0.3, 0.4) is 0 Å². The monoisotopic (exact) mass is 379 g/mol. The van der Waals surface area contributed by atoms with E-state index in [0.29, 0.717) is 13.1 Å². The Morgan fingerprint density at radius 2 is 1.74 bits per heavy atom. The lowest BCUT2D eigenvalue weighted by atomic mass is 9.96. The number of hydrogen-bond acceptors (Lipinski definition) is 6. The first kappa shape index (κ1) is 22.7. The minimum absolute atomic E-state index is 0.0295. The van der Waals surface area contributed by atoms with Gasteiger partial charge in [-0.25, -0.2) is 0 Å². The van der Waals surface area contributed by atoms with Gasteiger partial charge in [-0.05, 0) is 39.4 Å². The maximum absolute atomic E-state index is 12.2. The summed E-state index contributed by atoms with van der Waals surface area (Å²) in [5.41, 5.74) is 5.20. The number of amides is 2. The van der Waals surface area contributed by atoms with E-state index in [1.54, 1.807) is 11.8 Å². The summed E-state index contributed by atoms with van der Waals surface area (Å²) in [6, 6.07) is 0. The third-order valence-electron chi connectivity index (χ3n) is 3.61. The minimum Gasteiger partial charge on any atom is -0.356 e. The first-order chi connectivity index (χ1) is 10.7. The van der Waals surface area contributed by atoms with Crippen LogP contribution in [0.1, 0.15) is 40.0 Å². The number of thiocarbonyl (C=S) groups is 1. The summed E-state index contributed by atoms with van der Waals surface area (Å²) < 4.78 is 0.630. The van der Waals surface area contributed by atoms with Crippen LogP contribution in [-0.4, -0.2) is 46.0 Å². The van der Waals surface area contributed by atoms with Crippen molar-refractivity contribution in [2.24, 2.45) is 11.7 Å². The van der Waals surface area contributed by atoms with Crippen LogP contribution >= 0.6 is 35.7 Å². The molecule has 23 heavy (non-hydrogen) atoms. The molecule has 0 aliphatic rings. The Morgan fingerprint density at radius 1 is 1.17 bits per heavy atom. The number of thioether (sulfide) groups is 2. The van der Waals surface area contributed by atoms with Crippen LogP contribution in [0.2, 0.25) is 0 Å². The number of unbranched alkanes of at least 4 members (excludes halogenated alkanes) is 2. The predicted octanol–water partition coefficient (Wildman–Crippen LogP) is 2.14. The zero-order chi connectivity index (χ0) is 17.9. The fraction of sp³-hybridized carbons (Fsp3) is 0.800. The minimum atomic E-state index is -0.226. The summed E-state index contributed by atoms with van der Waals surface area (Å²) >= 11 is 8.35. The Hall–Kier alpha value is -0.310. The number of nitrogens with one attached hydrogen (secondary N) is 2. The van der Waals surface area contributed by atoms with Crippen molar-refractivity contribution in [2.45, 2.75) is 44.8 Å². The molecule has 4 N–H and O–H groups in total. The highest BCUT2D eigenvalue weighted by atomic mass is 32.2. The summed E-state index contributed by atoms with van der Waals surface area (Å²) in [5.74, 6) is -0.195. The Balaban J connectivity index is 3.92. The van der Waals surface area contributed by atoms with E-state index in [2.05, 4.69) is 10.6 Å². The summed E-state index contributed by atoms with van der Waals surface area (Å²) in [5, 5.41) is 5.71. The molecule has 2 amide bonds. The molecule has 0 fully saturated rings. The van der Waals surface area contributed by atoms with E-state index in [0.717, 1.165) is 22.8 Å². The van der Waals surface area contributed by atoms with Gasteiger partial charge in [0.1, 0.15) is 3.53 Å². The standard InChI is InChI=1S/C15H29N3O2S3/c1-11(15(2,3)23-14(21)22-4)13(20)18-9-7-5-6-8-17-12(19)10-16/h11H,5-10,16H2,1-4H3,(H,17,19)(H,18,20). The molecule has 0 aromatic carbocycles. The van der Waals surface area contributed by atoms with Crippen molar-refractivity contribution in [1.82, 2.24) is 10.6 Å². The van der Waals surface area contributed by atoms with E-state index < -0.39 is 0 Å². The largest absolute Gasteiger partial charge is 0.356 e. The quantitative estimate of drug-likeness (QED) is 0.398. The van der Waals surface area contributed by atoms with Crippen molar-refractivity contribution in [1.29, 1.82) is 0 Å². The van der Waals surface area contributed by atoms with Crippen LogP contribution in [0.5, 0.6) is 0 Å². The van der Waals surface area contributed by atoms with Crippen LogP contribution in [0.25, 0.3) is 0 Å². The average molecular weight is 380 g/mol. The molecule has 5 nitrogen and oxygen atoms in total. The molecule has 0 saturated carbocycles. The van der Waals surface area contributed by atoms with Gasteiger partial charge < -0.3 is 16.4 Å². The predicted molar refractivity (Wildman–Crippen MR) is 106 cm³/mol. The number of nitrogens with two attached hydrogens (primary N) is 1. The van der Waals surface area contributed by atoms with Crippen molar-refractivity contribution >= 4 is 51.1 Å². The zero-order valence-corrected chi connectivity index (χ0v) is 16.9. The van der Waals surface area contributed by atoms with Crippen molar-refractivity contribution in [3.8, 4) is 0 Å². The highest BCUT2D eigenvalue weighted by molar-refractivity contribution is 8.47. The highest BCUT2D eigenvalue weighted by Crippen LogP contribution is 2.36. The van der Waals surface area contributed by atoms with Gasteiger partial charge in [0, 0.05) is 23.8 Å². The first-order valence-corrected chi connectivity index (χ1v) is 10.2.